The third kappa shape index (κ3) is 4.98. The molecular formula is C21H29N7O2. The minimum absolute atomic E-state index is 0.0917. The van der Waals surface area contributed by atoms with Crippen LogP contribution < -0.4 is 21.8 Å². The van der Waals surface area contributed by atoms with Gasteiger partial charge in [-0.3, -0.25) is 10.3 Å². The fraction of sp³-hybridized carbons (Fsp3) is 0.381. The third-order valence-electron chi connectivity index (χ3n) is 4.40. The fourth-order valence-corrected chi connectivity index (χ4v) is 3.23. The molecule has 3 rings (SSSR count). The van der Waals surface area contributed by atoms with Crippen LogP contribution in [0, 0.1) is 0 Å². The van der Waals surface area contributed by atoms with Crippen LogP contribution >= 0.6 is 0 Å². The van der Waals surface area contributed by atoms with Gasteiger partial charge in [-0.25, -0.2) is 14.8 Å². The fourth-order valence-electron chi connectivity index (χ4n) is 3.23. The molecule has 9 heteroatoms. The van der Waals surface area contributed by atoms with E-state index >= 15 is 0 Å². The molecule has 0 saturated heterocycles. The van der Waals surface area contributed by atoms with Gasteiger partial charge in [0.2, 0.25) is 0 Å². The van der Waals surface area contributed by atoms with E-state index in [1.807, 2.05) is 45.0 Å². The average Bonchev–Trinajstić information content (AvgIpc) is 3.04. The minimum Gasteiger partial charge on any atom is -0.382 e. The summed E-state index contributed by atoms with van der Waals surface area (Å²) in [5.74, 6) is 1.10. The predicted molar refractivity (Wildman–Crippen MR) is 118 cm³/mol. The lowest BCUT2D eigenvalue weighted by molar-refractivity contribution is 0.0438. The molecule has 2 amide bonds. The zero-order valence-electron chi connectivity index (χ0n) is 17.7. The maximum Gasteiger partial charge on any atom is 0.314 e. The van der Waals surface area contributed by atoms with Crippen molar-refractivity contribution in [2.75, 3.05) is 12.3 Å². The Hall–Kier alpha value is -3.33. The zero-order valence-corrected chi connectivity index (χ0v) is 17.7. The molecular weight excluding hydrogens is 382 g/mol. The van der Waals surface area contributed by atoms with Crippen molar-refractivity contribution in [1.29, 1.82) is 0 Å². The van der Waals surface area contributed by atoms with Crippen molar-refractivity contribution in [3.8, 4) is 0 Å². The number of amides is 2. The number of aromatic nitrogens is 3. The lowest BCUT2D eigenvalue weighted by Gasteiger charge is -2.13. The second-order valence-electron chi connectivity index (χ2n) is 7.47. The molecule has 30 heavy (non-hydrogen) atoms. The maximum atomic E-state index is 11.8. The van der Waals surface area contributed by atoms with Crippen LogP contribution in [-0.4, -0.2) is 33.2 Å². The van der Waals surface area contributed by atoms with Crippen molar-refractivity contribution in [3.63, 3.8) is 0 Å². The topological polar surface area (TPSA) is 119 Å². The highest BCUT2D eigenvalue weighted by Gasteiger charge is 2.17. The zero-order chi connectivity index (χ0) is 21.7. The van der Waals surface area contributed by atoms with Crippen molar-refractivity contribution in [2.45, 2.75) is 46.4 Å². The van der Waals surface area contributed by atoms with Crippen LogP contribution in [0.1, 0.15) is 33.0 Å². The first-order valence-corrected chi connectivity index (χ1v) is 9.97. The summed E-state index contributed by atoms with van der Waals surface area (Å²) in [6, 6.07) is 7.75. The molecule has 0 spiro atoms. The number of nitrogens with zero attached hydrogens (tertiary/aromatic N) is 3. The van der Waals surface area contributed by atoms with Gasteiger partial charge in [0, 0.05) is 30.2 Å². The van der Waals surface area contributed by atoms with Gasteiger partial charge in [0.05, 0.1) is 11.0 Å². The molecule has 0 aliphatic heterocycles. The summed E-state index contributed by atoms with van der Waals surface area (Å²) in [6.07, 6.45) is 0.717. The van der Waals surface area contributed by atoms with Gasteiger partial charge in [-0.1, -0.05) is 24.8 Å². The number of hydroxylamine groups is 1. The Balaban J connectivity index is 1.88. The highest BCUT2D eigenvalue weighted by Crippen LogP contribution is 2.29. The molecule has 0 bridgehead atoms. The molecule has 0 saturated carbocycles. The Morgan fingerprint density at radius 3 is 2.80 bits per heavy atom. The monoisotopic (exact) mass is 411 g/mol. The number of hydrogen-bond donors (Lipinski definition) is 4. The Morgan fingerprint density at radius 2 is 2.07 bits per heavy atom. The molecule has 0 unspecified atom stereocenters. The minimum atomic E-state index is -0.173. The molecule has 0 aliphatic rings. The van der Waals surface area contributed by atoms with E-state index < -0.39 is 0 Å². The SMILES string of the molecule is C=C(C)NOCc1nc2c(N)nc3ccccc3c2n1CCCNC(=O)NC(C)C. The van der Waals surface area contributed by atoms with E-state index in [9.17, 15) is 4.79 Å². The van der Waals surface area contributed by atoms with Crippen LogP contribution in [0.5, 0.6) is 0 Å². The average molecular weight is 412 g/mol. The van der Waals surface area contributed by atoms with Crippen LogP contribution in [0.15, 0.2) is 36.5 Å². The van der Waals surface area contributed by atoms with Gasteiger partial charge in [-0.15, -0.1) is 0 Å². The number of anilines is 1. The summed E-state index contributed by atoms with van der Waals surface area (Å²) in [5, 5.41) is 6.66. The lowest BCUT2D eigenvalue weighted by atomic mass is 10.2. The van der Waals surface area contributed by atoms with E-state index in [0.29, 0.717) is 36.5 Å². The van der Waals surface area contributed by atoms with E-state index in [1.165, 1.54) is 0 Å². The summed E-state index contributed by atoms with van der Waals surface area (Å²) in [6.45, 7) is 10.8. The first kappa shape index (κ1) is 21.4. The Morgan fingerprint density at radius 1 is 1.30 bits per heavy atom. The van der Waals surface area contributed by atoms with Crippen molar-refractivity contribution in [3.05, 3.63) is 42.4 Å². The molecule has 160 valence electrons. The normalized spacial score (nSPS) is 11.2. The number of aryl methyl sites for hydroxylation is 1. The highest BCUT2D eigenvalue weighted by molar-refractivity contribution is 6.06. The summed E-state index contributed by atoms with van der Waals surface area (Å²) < 4.78 is 2.08. The molecule has 5 N–H and O–H groups in total. The number of hydrogen-bond acceptors (Lipinski definition) is 6. The van der Waals surface area contributed by atoms with Crippen LogP contribution in [0.3, 0.4) is 0 Å². The van der Waals surface area contributed by atoms with Crippen molar-refractivity contribution in [1.82, 2.24) is 30.6 Å². The highest BCUT2D eigenvalue weighted by atomic mass is 16.6. The standard InChI is InChI=1S/C21H29N7O2/c1-13(2)24-21(29)23-10-7-11-28-17(12-30-27-14(3)4)26-18-19(28)15-8-5-6-9-16(15)25-20(18)22/h5-6,8-9,13,27H,3,7,10-12H2,1-2,4H3,(H2,22,25)(H2,23,24,29). The molecule has 2 aromatic heterocycles. The van der Waals surface area contributed by atoms with Crippen LogP contribution in [0.4, 0.5) is 10.6 Å². The molecule has 0 radical (unpaired) electrons. The largest absolute Gasteiger partial charge is 0.382 e. The van der Waals surface area contributed by atoms with E-state index in [4.69, 9.17) is 15.6 Å². The quantitative estimate of drug-likeness (QED) is 0.318. The number of nitrogens with two attached hydrogens (primary N) is 1. The number of urea groups is 1. The van der Waals surface area contributed by atoms with E-state index in [-0.39, 0.29) is 18.7 Å². The molecule has 0 fully saturated rings. The van der Waals surface area contributed by atoms with Gasteiger partial charge in [-0.2, -0.15) is 0 Å². The van der Waals surface area contributed by atoms with Crippen LogP contribution in [0.25, 0.3) is 21.9 Å². The van der Waals surface area contributed by atoms with E-state index in [0.717, 1.165) is 22.2 Å². The van der Waals surface area contributed by atoms with Gasteiger partial charge < -0.3 is 20.9 Å². The predicted octanol–water partition coefficient (Wildman–Crippen LogP) is 2.82. The number of fused-ring (bicyclic) bond motifs is 3. The molecule has 9 nitrogen and oxygen atoms in total. The molecule has 2 heterocycles. The Kier molecular flexibility index (Phi) is 6.73. The second-order valence-corrected chi connectivity index (χ2v) is 7.47. The summed E-state index contributed by atoms with van der Waals surface area (Å²) >= 11 is 0. The molecule has 3 aromatic rings. The third-order valence-corrected chi connectivity index (χ3v) is 4.40. The number of nitrogens with one attached hydrogen (secondary N) is 3. The number of benzene rings is 1. The lowest BCUT2D eigenvalue weighted by Crippen LogP contribution is -2.40. The number of carbonyl (C=O) groups is 1. The molecule has 0 aliphatic carbocycles. The van der Waals surface area contributed by atoms with Gasteiger partial charge in [0.15, 0.2) is 5.82 Å². The van der Waals surface area contributed by atoms with Gasteiger partial charge in [-0.05, 0) is 33.3 Å². The number of nitrogen functional groups attached to an aromatic ring is 1. The van der Waals surface area contributed by atoms with E-state index in [2.05, 4.69) is 32.2 Å². The van der Waals surface area contributed by atoms with Crippen molar-refractivity contribution >= 4 is 33.8 Å². The van der Waals surface area contributed by atoms with Gasteiger partial charge in [0.1, 0.15) is 17.9 Å². The van der Waals surface area contributed by atoms with Gasteiger partial charge in [0.25, 0.3) is 0 Å². The number of pyridine rings is 1. The summed E-state index contributed by atoms with van der Waals surface area (Å²) in [4.78, 5) is 26.5. The number of para-hydroxylation sites is 1. The number of rotatable bonds is 9. The first-order valence-electron chi connectivity index (χ1n) is 9.97. The van der Waals surface area contributed by atoms with E-state index in [1.54, 1.807) is 0 Å². The van der Waals surface area contributed by atoms with Crippen LogP contribution in [0.2, 0.25) is 0 Å². The maximum absolute atomic E-state index is 11.8. The smallest absolute Gasteiger partial charge is 0.314 e. The van der Waals surface area contributed by atoms with Crippen molar-refractivity contribution < 1.29 is 9.63 Å². The number of carbonyl (C=O) groups excluding carboxylic acids is 1. The molecule has 1 aromatic carbocycles. The Labute approximate surface area is 175 Å². The molecule has 0 atom stereocenters. The van der Waals surface area contributed by atoms with Gasteiger partial charge >= 0.3 is 6.03 Å². The van der Waals surface area contributed by atoms with Crippen molar-refractivity contribution in [2.24, 2.45) is 0 Å². The summed E-state index contributed by atoms with van der Waals surface area (Å²) in [7, 11) is 0. The van der Waals surface area contributed by atoms with Crippen LogP contribution in [-0.2, 0) is 18.0 Å². The second kappa shape index (κ2) is 9.45. The summed E-state index contributed by atoms with van der Waals surface area (Å²) in [5.41, 5.74) is 12.0. The Bertz CT molecular complexity index is 1060. The number of allylic oxidation sites excluding steroid dienone is 1. The first-order chi connectivity index (χ1) is 14.4. The number of imidazole rings is 1.